The summed E-state index contributed by atoms with van der Waals surface area (Å²) in [6.07, 6.45) is 6.85. The molecular weight excluding hydrogens is 228 g/mol. The monoisotopic (exact) mass is 252 g/mol. The number of nitrogens with one attached hydrogen (secondary N) is 1. The van der Waals surface area contributed by atoms with Gasteiger partial charge in [0, 0.05) is 12.6 Å². The van der Waals surface area contributed by atoms with E-state index in [1.807, 2.05) is 18.4 Å². The highest BCUT2D eigenvalue weighted by Gasteiger charge is 2.28. The Morgan fingerprint density at radius 3 is 2.88 bits per heavy atom. The highest BCUT2D eigenvalue weighted by molar-refractivity contribution is 7.07. The van der Waals surface area contributed by atoms with Crippen LogP contribution in [0.3, 0.4) is 0 Å². The molecule has 0 amide bonds. The van der Waals surface area contributed by atoms with Gasteiger partial charge in [0.2, 0.25) is 0 Å². The topological polar surface area (TPSA) is 15.3 Å². The van der Waals surface area contributed by atoms with Gasteiger partial charge < -0.3 is 5.32 Å². The summed E-state index contributed by atoms with van der Waals surface area (Å²) >= 11 is 1.81. The van der Waals surface area contributed by atoms with Gasteiger partial charge in [-0.25, -0.2) is 0 Å². The second-order valence-corrected chi connectivity index (χ2v) is 5.78. The molecule has 0 aromatic carbocycles. The lowest BCUT2D eigenvalue weighted by Gasteiger charge is -2.21. The fourth-order valence-corrected chi connectivity index (χ4v) is 2.90. The molecule has 1 heterocycles. The largest absolute Gasteiger partial charge is 0.320 e. The van der Waals surface area contributed by atoms with Crippen molar-refractivity contribution in [2.24, 2.45) is 0 Å². The molecule has 1 fully saturated rings. The number of unbranched alkanes of at least 4 members (excludes halogenated alkanes) is 2. The summed E-state index contributed by atoms with van der Waals surface area (Å²) in [6, 6.07) is 3.15. The Hall–Kier alpha value is -0.380. The van der Waals surface area contributed by atoms with E-state index in [0.717, 1.165) is 12.6 Å². The van der Waals surface area contributed by atoms with Gasteiger partial charge in [-0.15, -0.1) is 0 Å². The average Bonchev–Trinajstić information content (AvgIpc) is 3.06. The lowest BCUT2D eigenvalue weighted by Crippen LogP contribution is -2.26. The van der Waals surface area contributed by atoms with E-state index >= 15 is 0 Å². The van der Waals surface area contributed by atoms with Crippen LogP contribution in [0.25, 0.3) is 0 Å². The first-order valence-electron chi connectivity index (χ1n) is 6.80. The molecule has 1 aliphatic carbocycles. The third-order valence-electron chi connectivity index (χ3n) is 3.40. The number of nitrogens with zero attached hydrogens (tertiary/aromatic N) is 1. The van der Waals surface area contributed by atoms with Gasteiger partial charge in [0.25, 0.3) is 0 Å². The van der Waals surface area contributed by atoms with Crippen LogP contribution in [0.2, 0.25) is 0 Å². The number of hydrogen-bond acceptors (Lipinski definition) is 3. The van der Waals surface area contributed by atoms with Crippen molar-refractivity contribution in [1.82, 2.24) is 10.2 Å². The first-order valence-corrected chi connectivity index (χ1v) is 7.74. The number of rotatable bonds is 9. The smallest absolute Gasteiger partial charge is 0.0244 e. The minimum atomic E-state index is 0.888. The quantitative estimate of drug-likeness (QED) is 0.679. The van der Waals surface area contributed by atoms with Crippen LogP contribution in [0.5, 0.6) is 0 Å². The molecule has 17 heavy (non-hydrogen) atoms. The predicted octanol–water partition coefficient (Wildman–Crippen LogP) is 3.10. The fourth-order valence-electron chi connectivity index (χ4n) is 2.24. The maximum Gasteiger partial charge on any atom is 0.0244 e. The molecule has 1 aromatic heterocycles. The van der Waals surface area contributed by atoms with E-state index in [4.69, 9.17) is 0 Å². The molecule has 0 radical (unpaired) electrons. The van der Waals surface area contributed by atoms with E-state index in [0.29, 0.717) is 0 Å². The van der Waals surface area contributed by atoms with Gasteiger partial charge in [-0.1, -0.05) is 6.42 Å². The molecule has 0 bridgehead atoms. The van der Waals surface area contributed by atoms with Crippen molar-refractivity contribution in [1.29, 1.82) is 0 Å². The molecule has 1 saturated carbocycles. The summed E-state index contributed by atoms with van der Waals surface area (Å²) in [4.78, 5) is 2.68. The summed E-state index contributed by atoms with van der Waals surface area (Å²) in [5.41, 5.74) is 1.50. The van der Waals surface area contributed by atoms with Crippen LogP contribution in [-0.2, 0) is 6.54 Å². The van der Waals surface area contributed by atoms with Crippen molar-refractivity contribution in [2.75, 3.05) is 20.1 Å². The van der Waals surface area contributed by atoms with Crippen LogP contribution in [0.15, 0.2) is 16.8 Å². The molecule has 1 aliphatic rings. The van der Waals surface area contributed by atoms with Gasteiger partial charge in [0.05, 0.1) is 0 Å². The molecule has 3 heteroatoms. The zero-order valence-electron chi connectivity index (χ0n) is 10.8. The minimum Gasteiger partial charge on any atom is -0.320 e. The molecule has 2 rings (SSSR count). The fraction of sp³-hybridized carbons (Fsp3) is 0.714. The van der Waals surface area contributed by atoms with Gasteiger partial charge in [-0.05, 0) is 68.2 Å². The van der Waals surface area contributed by atoms with Crippen LogP contribution >= 0.6 is 11.3 Å². The lowest BCUT2D eigenvalue weighted by molar-refractivity contribution is 0.249. The van der Waals surface area contributed by atoms with Crippen molar-refractivity contribution in [3.05, 3.63) is 22.4 Å². The summed E-state index contributed by atoms with van der Waals surface area (Å²) in [7, 11) is 2.03. The third kappa shape index (κ3) is 4.78. The van der Waals surface area contributed by atoms with E-state index in [1.165, 1.54) is 50.8 Å². The normalized spacial score (nSPS) is 15.6. The Kier molecular flexibility index (Phi) is 5.49. The first-order chi connectivity index (χ1) is 8.40. The van der Waals surface area contributed by atoms with Crippen LogP contribution < -0.4 is 5.32 Å². The molecule has 1 N–H and O–H groups in total. The molecular formula is C14H24N2S. The Labute approximate surface area is 109 Å². The van der Waals surface area contributed by atoms with Crippen molar-refractivity contribution in [3.63, 3.8) is 0 Å². The predicted molar refractivity (Wildman–Crippen MR) is 75.5 cm³/mol. The van der Waals surface area contributed by atoms with Gasteiger partial charge in [0.15, 0.2) is 0 Å². The molecule has 0 saturated heterocycles. The Morgan fingerprint density at radius 2 is 2.24 bits per heavy atom. The van der Waals surface area contributed by atoms with E-state index < -0.39 is 0 Å². The van der Waals surface area contributed by atoms with Gasteiger partial charge in [-0.3, -0.25) is 4.90 Å². The van der Waals surface area contributed by atoms with Gasteiger partial charge >= 0.3 is 0 Å². The van der Waals surface area contributed by atoms with E-state index in [9.17, 15) is 0 Å². The Morgan fingerprint density at radius 1 is 1.35 bits per heavy atom. The van der Waals surface area contributed by atoms with E-state index in [-0.39, 0.29) is 0 Å². The summed E-state index contributed by atoms with van der Waals surface area (Å²) in [5, 5.41) is 7.69. The summed E-state index contributed by atoms with van der Waals surface area (Å²) < 4.78 is 0. The van der Waals surface area contributed by atoms with E-state index in [1.54, 1.807) is 0 Å². The van der Waals surface area contributed by atoms with Crippen molar-refractivity contribution < 1.29 is 0 Å². The second kappa shape index (κ2) is 7.14. The van der Waals surface area contributed by atoms with Crippen LogP contribution in [0, 0.1) is 0 Å². The zero-order chi connectivity index (χ0) is 11.9. The number of thiophene rings is 1. The minimum absolute atomic E-state index is 0.888. The maximum absolute atomic E-state index is 3.22. The number of hydrogen-bond donors (Lipinski definition) is 1. The van der Waals surface area contributed by atoms with Crippen LogP contribution in [-0.4, -0.2) is 31.1 Å². The zero-order valence-corrected chi connectivity index (χ0v) is 11.6. The van der Waals surface area contributed by atoms with Crippen molar-refractivity contribution in [2.45, 2.75) is 44.7 Å². The highest BCUT2D eigenvalue weighted by atomic mass is 32.1. The Bertz CT molecular complexity index is 293. The molecule has 96 valence electrons. The SMILES string of the molecule is CNCCCCCN(Cc1ccsc1)C1CC1. The van der Waals surface area contributed by atoms with Gasteiger partial charge in [-0.2, -0.15) is 11.3 Å². The molecule has 1 aromatic rings. The third-order valence-corrected chi connectivity index (χ3v) is 4.13. The molecule has 0 unspecified atom stereocenters. The first kappa shape index (κ1) is 13.1. The maximum atomic E-state index is 3.22. The second-order valence-electron chi connectivity index (χ2n) is 5.00. The molecule has 0 spiro atoms. The molecule has 0 atom stereocenters. The highest BCUT2D eigenvalue weighted by Crippen LogP contribution is 2.28. The Balaban J connectivity index is 1.66. The summed E-state index contributed by atoms with van der Waals surface area (Å²) in [6.45, 7) is 3.61. The molecule has 2 nitrogen and oxygen atoms in total. The lowest BCUT2D eigenvalue weighted by atomic mass is 10.2. The molecule has 0 aliphatic heterocycles. The summed E-state index contributed by atoms with van der Waals surface area (Å²) in [5.74, 6) is 0. The standard InChI is InChI=1S/C14H24N2S/c1-15-8-3-2-4-9-16(14-5-6-14)11-13-7-10-17-12-13/h7,10,12,14-15H,2-6,8-9,11H2,1H3. The van der Waals surface area contributed by atoms with E-state index in [2.05, 4.69) is 27.0 Å². The average molecular weight is 252 g/mol. The van der Waals surface area contributed by atoms with Crippen LogP contribution in [0.4, 0.5) is 0 Å². The van der Waals surface area contributed by atoms with Crippen molar-refractivity contribution in [3.8, 4) is 0 Å². The van der Waals surface area contributed by atoms with Crippen molar-refractivity contribution >= 4 is 11.3 Å². The van der Waals surface area contributed by atoms with Crippen LogP contribution in [0.1, 0.15) is 37.7 Å². The van der Waals surface area contributed by atoms with Gasteiger partial charge in [0.1, 0.15) is 0 Å².